The molecule has 4 unspecified atom stereocenters. The Kier molecular flexibility index (Phi) is 6.27. The molecule has 2 fully saturated rings. The Morgan fingerprint density at radius 1 is 0.722 bits per heavy atom. The van der Waals surface area contributed by atoms with Crippen LogP contribution in [0.3, 0.4) is 0 Å². The first-order valence-corrected chi connectivity index (χ1v) is 5.92. The van der Waals surface area contributed by atoms with Crippen LogP contribution in [0.2, 0.25) is 0 Å². The molecule has 0 saturated carbocycles. The molecule has 18 heavy (non-hydrogen) atoms. The van der Waals surface area contributed by atoms with Gasteiger partial charge in [0.15, 0.2) is 0 Å². The molecule has 0 amide bonds. The van der Waals surface area contributed by atoms with E-state index >= 15 is 0 Å². The van der Waals surface area contributed by atoms with E-state index in [2.05, 4.69) is 10.6 Å². The third-order valence-corrected chi connectivity index (χ3v) is 3.27. The second-order valence-corrected chi connectivity index (χ2v) is 4.64. The van der Waals surface area contributed by atoms with Crippen molar-refractivity contribution in [2.24, 2.45) is 23.3 Å². The van der Waals surface area contributed by atoms with Gasteiger partial charge in [0.1, 0.15) is 0 Å². The summed E-state index contributed by atoms with van der Waals surface area (Å²) in [6.45, 7) is 1.77. The summed E-state index contributed by atoms with van der Waals surface area (Å²) in [5.41, 5.74) is 10.7. The van der Waals surface area contributed by atoms with Gasteiger partial charge >= 0.3 is 0 Å². The number of hydrogen-bond acceptors (Lipinski definition) is 4. The molecule has 2 aliphatic rings. The molecule has 0 aliphatic carbocycles. The standard InChI is InChI=1S/2C5H10F2N2/c2*6-5(7)3-1-9-2-4(3)8/h2*3-5,9H,1-2,8H2. The summed E-state index contributed by atoms with van der Waals surface area (Å²) in [6.07, 6.45) is -4.54. The van der Waals surface area contributed by atoms with Gasteiger partial charge < -0.3 is 22.1 Å². The summed E-state index contributed by atoms with van der Waals surface area (Å²) in [5.74, 6) is -1.27. The fourth-order valence-corrected chi connectivity index (χ4v) is 1.99. The van der Waals surface area contributed by atoms with Crippen LogP contribution in [-0.4, -0.2) is 51.1 Å². The number of rotatable bonds is 2. The van der Waals surface area contributed by atoms with Crippen molar-refractivity contribution in [3.63, 3.8) is 0 Å². The molecular weight excluding hydrogens is 252 g/mol. The van der Waals surface area contributed by atoms with Gasteiger partial charge in [-0.05, 0) is 0 Å². The number of halogens is 4. The Hall–Kier alpha value is -0.440. The Labute approximate surface area is 103 Å². The molecule has 0 radical (unpaired) electrons. The summed E-state index contributed by atoms with van der Waals surface area (Å²) in [7, 11) is 0. The van der Waals surface area contributed by atoms with Crippen molar-refractivity contribution in [3.8, 4) is 0 Å². The van der Waals surface area contributed by atoms with E-state index in [-0.39, 0.29) is 12.1 Å². The van der Waals surface area contributed by atoms with Crippen molar-refractivity contribution in [2.45, 2.75) is 24.9 Å². The van der Waals surface area contributed by atoms with Crippen LogP contribution < -0.4 is 22.1 Å². The monoisotopic (exact) mass is 272 g/mol. The number of nitrogens with one attached hydrogen (secondary N) is 2. The normalized spacial score (nSPS) is 36.0. The Morgan fingerprint density at radius 2 is 1.06 bits per heavy atom. The van der Waals surface area contributed by atoms with Crippen LogP contribution in [0.25, 0.3) is 0 Å². The van der Waals surface area contributed by atoms with E-state index in [1.165, 1.54) is 0 Å². The molecule has 4 atom stereocenters. The number of alkyl halides is 4. The lowest BCUT2D eigenvalue weighted by molar-refractivity contribution is 0.0793. The maximum atomic E-state index is 11.9. The first-order valence-electron chi connectivity index (χ1n) is 5.92. The SMILES string of the molecule is NC1CNCC1C(F)F.NC1CNCC1C(F)F. The molecule has 2 aliphatic heterocycles. The zero-order valence-electron chi connectivity index (χ0n) is 9.96. The molecule has 0 bridgehead atoms. The van der Waals surface area contributed by atoms with Crippen molar-refractivity contribution < 1.29 is 17.6 Å². The smallest absolute Gasteiger partial charge is 0.244 e. The van der Waals surface area contributed by atoms with Gasteiger partial charge in [-0.15, -0.1) is 0 Å². The highest BCUT2D eigenvalue weighted by atomic mass is 19.3. The van der Waals surface area contributed by atoms with Crippen LogP contribution in [0.1, 0.15) is 0 Å². The van der Waals surface area contributed by atoms with E-state index in [0.717, 1.165) is 0 Å². The van der Waals surface area contributed by atoms with Crippen molar-refractivity contribution in [1.29, 1.82) is 0 Å². The van der Waals surface area contributed by atoms with Gasteiger partial charge in [0.25, 0.3) is 0 Å². The minimum Gasteiger partial charge on any atom is -0.326 e. The molecule has 8 heteroatoms. The van der Waals surface area contributed by atoms with Crippen molar-refractivity contribution in [2.75, 3.05) is 26.2 Å². The van der Waals surface area contributed by atoms with Gasteiger partial charge in [0.05, 0.1) is 0 Å². The third kappa shape index (κ3) is 4.34. The van der Waals surface area contributed by atoms with Crippen LogP contribution in [0, 0.1) is 11.8 Å². The first kappa shape index (κ1) is 15.6. The van der Waals surface area contributed by atoms with Crippen LogP contribution in [0.4, 0.5) is 17.6 Å². The summed E-state index contributed by atoms with van der Waals surface area (Å²) in [5, 5.41) is 5.60. The highest BCUT2D eigenvalue weighted by molar-refractivity contribution is 4.85. The lowest BCUT2D eigenvalue weighted by atomic mass is 10.1. The predicted molar refractivity (Wildman–Crippen MR) is 60.7 cm³/mol. The minimum atomic E-state index is -2.27. The summed E-state index contributed by atoms with van der Waals surface area (Å²) in [4.78, 5) is 0. The molecule has 2 rings (SSSR count). The highest BCUT2D eigenvalue weighted by Crippen LogP contribution is 2.16. The van der Waals surface area contributed by atoms with Gasteiger partial charge in [-0.2, -0.15) is 0 Å². The first-order chi connectivity index (χ1) is 8.43. The van der Waals surface area contributed by atoms with Gasteiger partial charge in [0, 0.05) is 50.1 Å². The maximum absolute atomic E-state index is 11.9. The van der Waals surface area contributed by atoms with Crippen LogP contribution in [0.5, 0.6) is 0 Å². The van der Waals surface area contributed by atoms with E-state index in [9.17, 15) is 17.6 Å². The van der Waals surface area contributed by atoms with Gasteiger partial charge in [-0.1, -0.05) is 0 Å². The second-order valence-electron chi connectivity index (χ2n) is 4.64. The summed E-state index contributed by atoms with van der Waals surface area (Å²) < 4.78 is 47.5. The minimum absolute atomic E-state index is 0.356. The molecule has 0 spiro atoms. The second kappa shape index (κ2) is 7.22. The van der Waals surface area contributed by atoms with Crippen molar-refractivity contribution in [1.82, 2.24) is 10.6 Å². The third-order valence-electron chi connectivity index (χ3n) is 3.27. The molecule has 0 aromatic rings. The molecular formula is C10H20F4N4. The number of nitrogens with two attached hydrogens (primary N) is 2. The lowest BCUT2D eigenvalue weighted by Crippen LogP contribution is -2.33. The van der Waals surface area contributed by atoms with Crippen LogP contribution in [0.15, 0.2) is 0 Å². The molecule has 108 valence electrons. The average molecular weight is 272 g/mol. The van der Waals surface area contributed by atoms with E-state index in [0.29, 0.717) is 26.2 Å². The van der Waals surface area contributed by atoms with E-state index in [1.54, 1.807) is 0 Å². The quantitative estimate of drug-likeness (QED) is 0.516. The van der Waals surface area contributed by atoms with Gasteiger partial charge in [-0.3, -0.25) is 0 Å². The molecule has 0 aromatic heterocycles. The Morgan fingerprint density at radius 3 is 1.17 bits per heavy atom. The number of hydrogen-bond donors (Lipinski definition) is 4. The largest absolute Gasteiger partial charge is 0.326 e. The molecule has 2 heterocycles. The van der Waals surface area contributed by atoms with Gasteiger partial charge in [0.2, 0.25) is 12.9 Å². The van der Waals surface area contributed by atoms with E-state index in [4.69, 9.17) is 11.5 Å². The fraction of sp³-hybridized carbons (Fsp3) is 1.00. The molecule has 2 saturated heterocycles. The summed E-state index contributed by atoms with van der Waals surface area (Å²) in [6, 6.07) is -0.713. The fourth-order valence-electron chi connectivity index (χ4n) is 1.99. The van der Waals surface area contributed by atoms with Crippen LogP contribution in [-0.2, 0) is 0 Å². The topological polar surface area (TPSA) is 76.1 Å². The average Bonchev–Trinajstić information content (AvgIpc) is 2.87. The lowest BCUT2D eigenvalue weighted by Gasteiger charge is -2.11. The van der Waals surface area contributed by atoms with Crippen molar-refractivity contribution in [3.05, 3.63) is 0 Å². The molecule has 6 N–H and O–H groups in total. The van der Waals surface area contributed by atoms with Crippen LogP contribution >= 0.6 is 0 Å². The van der Waals surface area contributed by atoms with E-state index < -0.39 is 24.7 Å². The molecule has 0 aromatic carbocycles. The Bertz CT molecular complexity index is 218. The van der Waals surface area contributed by atoms with E-state index in [1.807, 2.05) is 0 Å². The highest BCUT2D eigenvalue weighted by Gasteiger charge is 2.31. The predicted octanol–water partition coefficient (Wildman–Crippen LogP) is -0.404. The van der Waals surface area contributed by atoms with Gasteiger partial charge in [-0.25, -0.2) is 17.6 Å². The van der Waals surface area contributed by atoms with Crippen molar-refractivity contribution >= 4 is 0 Å². The zero-order valence-corrected chi connectivity index (χ0v) is 9.96. The maximum Gasteiger partial charge on any atom is 0.244 e. The molecule has 4 nitrogen and oxygen atoms in total. The zero-order chi connectivity index (χ0) is 13.7. The Balaban J connectivity index is 0.000000180. The summed E-state index contributed by atoms with van der Waals surface area (Å²) >= 11 is 0.